The molecule has 0 aliphatic heterocycles. The molecule has 0 aliphatic rings. The van der Waals surface area contributed by atoms with E-state index in [1.807, 2.05) is 43.6 Å². The first-order chi connectivity index (χ1) is 9.67. The molecule has 1 aromatic heterocycles. The molecule has 1 amide bonds. The number of nitrogens with zero attached hydrogens (tertiary/aromatic N) is 1. The van der Waals surface area contributed by atoms with Crippen molar-refractivity contribution in [1.82, 2.24) is 10.3 Å². The molecule has 1 heterocycles. The van der Waals surface area contributed by atoms with Crippen LogP contribution >= 0.6 is 11.3 Å². The summed E-state index contributed by atoms with van der Waals surface area (Å²) >= 11 is 1.51. The highest BCUT2D eigenvalue weighted by atomic mass is 32.1. The maximum absolute atomic E-state index is 11.7. The number of thiazole rings is 1. The monoisotopic (exact) mass is 291 g/mol. The first-order valence-electron chi connectivity index (χ1n) is 6.25. The predicted molar refractivity (Wildman–Crippen MR) is 80.2 cm³/mol. The molecule has 0 atom stereocenters. The van der Waals surface area contributed by atoms with Crippen LogP contribution in [0.1, 0.15) is 11.3 Å². The lowest BCUT2D eigenvalue weighted by Crippen LogP contribution is -2.28. The Kier molecular flexibility index (Phi) is 4.95. The molecule has 5 nitrogen and oxygen atoms in total. The predicted octanol–water partition coefficient (Wildman–Crippen LogP) is 2.19. The molecule has 20 heavy (non-hydrogen) atoms. The number of ether oxygens (including phenoxy) is 1. The summed E-state index contributed by atoms with van der Waals surface area (Å²) < 4.78 is 5.42. The van der Waals surface area contributed by atoms with Crippen molar-refractivity contribution in [3.8, 4) is 5.75 Å². The minimum Gasteiger partial charge on any atom is -0.484 e. The summed E-state index contributed by atoms with van der Waals surface area (Å²) in [4.78, 5) is 16.0. The lowest BCUT2D eigenvalue weighted by molar-refractivity contribution is -0.123. The molecule has 106 valence electrons. The Morgan fingerprint density at radius 3 is 3.00 bits per heavy atom. The third-order valence-corrected chi connectivity index (χ3v) is 3.50. The van der Waals surface area contributed by atoms with Crippen LogP contribution in [0.25, 0.3) is 0 Å². The van der Waals surface area contributed by atoms with Crippen LogP contribution in [-0.4, -0.2) is 24.5 Å². The van der Waals surface area contributed by atoms with E-state index in [0.29, 0.717) is 12.3 Å². The van der Waals surface area contributed by atoms with Gasteiger partial charge < -0.3 is 15.4 Å². The third kappa shape index (κ3) is 4.24. The molecule has 0 radical (unpaired) electrons. The summed E-state index contributed by atoms with van der Waals surface area (Å²) in [6.07, 6.45) is 0. The fraction of sp³-hybridized carbons (Fsp3) is 0.286. The maximum atomic E-state index is 11.7. The molecule has 0 fully saturated rings. The number of carbonyl (C=O) groups excluding carboxylic acids is 1. The van der Waals surface area contributed by atoms with Crippen molar-refractivity contribution in [2.24, 2.45) is 0 Å². The first kappa shape index (κ1) is 14.3. The van der Waals surface area contributed by atoms with E-state index < -0.39 is 0 Å². The molecule has 0 aliphatic carbocycles. The minimum absolute atomic E-state index is 0.00642. The fourth-order valence-corrected chi connectivity index (χ4v) is 2.27. The molecule has 6 heteroatoms. The largest absolute Gasteiger partial charge is 0.484 e. The van der Waals surface area contributed by atoms with Crippen molar-refractivity contribution in [2.75, 3.05) is 19.0 Å². The molecule has 0 saturated heterocycles. The van der Waals surface area contributed by atoms with Crippen molar-refractivity contribution >= 4 is 22.4 Å². The van der Waals surface area contributed by atoms with E-state index in [2.05, 4.69) is 15.6 Å². The zero-order chi connectivity index (χ0) is 14.4. The number of carbonyl (C=O) groups is 1. The average molecular weight is 291 g/mol. The van der Waals surface area contributed by atoms with Gasteiger partial charge in [-0.25, -0.2) is 4.98 Å². The third-order valence-electron chi connectivity index (χ3n) is 2.59. The zero-order valence-electron chi connectivity index (χ0n) is 11.5. The number of nitrogens with one attached hydrogen (secondary N) is 2. The normalized spacial score (nSPS) is 10.1. The van der Waals surface area contributed by atoms with Crippen LogP contribution < -0.4 is 15.4 Å². The Balaban J connectivity index is 1.75. The van der Waals surface area contributed by atoms with Gasteiger partial charge in [-0.05, 0) is 24.6 Å². The Labute approximate surface area is 122 Å². The Hall–Kier alpha value is -2.08. The van der Waals surface area contributed by atoms with E-state index in [1.54, 1.807) is 0 Å². The van der Waals surface area contributed by atoms with Gasteiger partial charge in [-0.15, -0.1) is 11.3 Å². The summed E-state index contributed by atoms with van der Waals surface area (Å²) in [6, 6.07) is 7.61. The fourth-order valence-electron chi connectivity index (χ4n) is 1.60. The summed E-state index contributed by atoms with van der Waals surface area (Å²) in [7, 11) is 1.82. The minimum atomic E-state index is -0.162. The van der Waals surface area contributed by atoms with Crippen molar-refractivity contribution < 1.29 is 9.53 Å². The second-order valence-corrected chi connectivity index (χ2v) is 5.13. The standard InChI is InChI=1S/C14H17N3O2S/c1-10-4-3-5-12(6-10)19-8-13(18)16-7-11-9-20-14(15-2)17-11/h3-6,9H,7-8H2,1-2H3,(H,15,17)(H,16,18). The van der Waals surface area contributed by atoms with E-state index in [4.69, 9.17) is 4.74 Å². The van der Waals surface area contributed by atoms with Crippen LogP contribution in [0, 0.1) is 6.92 Å². The van der Waals surface area contributed by atoms with Gasteiger partial charge in [0.15, 0.2) is 11.7 Å². The molecule has 0 spiro atoms. The highest BCUT2D eigenvalue weighted by Gasteiger charge is 2.05. The van der Waals surface area contributed by atoms with Gasteiger partial charge in [0.25, 0.3) is 5.91 Å². The summed E-state index contributed by atoms with van der Waals surface area (Å²) in [5.41, 5.74) is 1.94. The quantitative estimate of drug-likeness (QED) is 0.856. The van der Waals surface area contributed by atoms with Crippen molar-refractivity contribution in [2.45, 2.75) is 13.5 Å². The lowest BCUT2D eigenvalue weighted by Gasteiger charge is -2.07. The molecular formula is C14H17N3O2S. The van der Waals surface area contributed by atoms with Gasteiger partial charge in [0.1, 0.15) is 5.75 Å². The molecular weight excluding hydrogens is 274 g/mol. The summed E-state index contributed by atoms with van der Waals surface area (Å²) in [5, 5.41) is 8.48. The van der Waals surface area contributed by atoms with Gasteiger partial charge in [-0.3, -0.25) is 4.79 Å². The van der Waals surface area contributed by atoms with Gasteiger partial charge in [-0.1, -0.05) is 12.1 Å². The van der Waals surface area contributed by atoms with E-state index in [1.165, 1.54) is 11.3 Å². The molecule has 0 saturated carbocycles. The number of aromatic nitrogens is 1. The number of hydrogen-bond donors (Lipinski definition) is 2. The Morgan fingerprint density at radius 2 is 2.30 bits per heavy atom. The van der Waals surface area contributed by atoms with Crippen molar-refractivity contribution in [3.63, 3.8) is 0 Å². The molecule has 2 rings (SSSR count). The van der Waals surface area contributed by atoms with Crippen LogP contribution in [0.4, 0.5) is 5.13 Å². The average Bonchev–Trinajstić information content (AvgIpc) is 2.91. The van der Waals surface area contributed by atoms with E-state index in [-0.39, 0.29) is 12.5 Å². The number of anilines is 1. The van der Waals surface area contributed by atoms with Crippen molar-refractivity contribution in [1.29, 1.82) is 0 Å². The van der Waals surface area contributed by atoms with Crippen molar-refractivity contribution in [3.05, 3.63) is 40.9 Å². The highest BCUT2D eigenvalue weighted by molar-refractivity contribution is 7.13. The second-order valence-electron chi connectivity index (χ2n) is 4.28. The highest BCUT2D eigenvalue weighted by Crippen LogP contribution is 2.14. The van der Waals surface area contributed by atoms with Crippen LogP contribution in [-0.2, 0) is 11.3 Å². The van der Waals surface area contributed by atoms with E-state index in [9.17, 15) is 4.79 Å². The topological polar surface area (TPSA) is 63.2 Å². The Morgan fingerprint density at radius 1 is 1.45 bits per heavy atom. The maximum Gasteiger partial charge on any atom is 0.258 e. The molecule has 1 aromatic carbocycles. The molecule has 0 unspecified atom stereocenters. The number of amides is 1. The molecule has 0 bridgehead atoms. The van der Waals surface area contributed by atoms with E-state index in [0.717, 1.165) is 16.4 Å². The van der Waals surface area contributed by atoms with Crippen LogP contribution in [0.5, 0.6) is 5.75 Å². The lowest BCUT2D eigenvalue weighted by atomic mass is 10.2. The number of aryl methyl sites for hydroxylation is 1. The first-order valence-corrected chi connectivity index (χ1v) is 7.13. The van der Waals surface area contributed by atoms with Gasteiger partial charge >= 0.3 is 0 Å². The van der Waals surface area contributed by atoms with Crippen LogP contribution in [0.3, 0.4) is 0 Å². The molecule has 2 aromatic rings. The van der Waals surface area contributed by atoms with Gasteiger partial charge in [0.2, 0.25) is 0 Å². The van der Waals surface area contributed by atoms with Gasteiger partial charge in [0.05, 0.1) is 12.2 Å². The smallest absolute Gasteiger partial charge is 0.258 e. The number of rotatable bonds is 6. The zero-order valence-corrected chi connectivity index (χ0v) is 12.3. The van der Waals surface area contributed by atoms with Crippen LogP contribution in [0.2, 0.25) is 0 Å². The Bertz CT molecular complexity index is 583. The molecule has 2 N–H and O–H groups in total. The van der Waals surface area contributed by atoms with E-state index >= 15 is 0 Å². The SMILES string of the molecule is CNc1nc(CNC(=O)COc2cccc(C)c2)cs1. The summed E-state index contributed by atoms with van der Waals surface area (Å²) in [5.74, 6) is 0.539. The number of benzene rings is 1. The van der Waals surface area contributed by atoms with Gasteiger partial charge in [-0.2, -0.15) is 0 Å². The second kappa shape index (κ2) is 6.91. The summed E-state index contributed by atoms with van der Waals surface area (Å²) in [6.45, 7) is 2.40. The van der Waals surface area contributed by atoms with Gasteiger partial charge in [0, 0.05) is 12.4 Å². The number of hydrogen-bond acceptors (Lipinski definition) is 5. The van der Waals surface area contributed by atoms with Crippen LogP contribution in [0.15, 0.2) is 29.6 Å².